The Bertz CT molecular complexity index is 232. The number of allylic oxidation sites excluding steroid dienone is 2. The molecule has 2 rings (SSSR count). The van der Waals surface area contributed by atoms with Crippen LogP contribution in [0.5, 0.6) is 0 Å². The van der Waals surface area contributed by atoms with Gasteiger partial charge in [0.15, 0.2) is 0 Å². The van der Waals surface area contributed by atoms with Gasteiger partial charge in [0, 0.05) is 5.75 Å². The second-order valence-corrected chi connectivity index (χ2v) is 6.55. The van der Waals surface area contributed by atoms with Gasteiger partial charge >= 0.3 is 0 Å². The zero-order valence-corrected chi connectivity index (χ0v) is 9.84. The molecule has 0 amide bonds. The van der Waals surface area contributed by atoms with Crippen molar-refractivity contribution in [2.24, 2.45) is 11.3 Å². The molecule has 1 aliphatic heterocycles. The Hall–Kier alpha value is 0.0900. The summed E-state index contributed by atoms with van der Waals surface area (Å²) in [6.07, 6.45) is 5.62. The average Bonchev–Trinajstić information content (AvgIpc) is 2.48. The van der Waals surface area contributed by atoms with Crippen molar-refractivity contribution in [1.82, 2.24) is 0 Å². The van der Waals surface area contributed by atoms with Crippen molar-refractivity contribution in [3.8, 4) is 0 Å². The Morgan fingerprint density at radius 3 is 2.69 bits per heavy atom. The van der Waals surface area contributed by atoms with Gasteiger partial charge in [0.1, 0.15) is 0 Å². The third kappa shape index (κ3) is 1.81. The van der Waals surface area contributed by atoms with Gasteiger partial charge in [-0.15, -0.1) is 11.8 Å². The predicted molar refractivity (Wildman–Crippen MR) is 60.9 cm³/mol. The summed E-state index contributed by atoms with van der Waals surface area (Å²) in [4.78, 5) is 1.76. The minimum absolute atomic E-state index is 0.492. The van der Waals surface area contributed by atoms with Crippen LogP contribution in [0.2, 0.25) is 0 Å². The lowest BCUT2D eigenvalue weighted by Crippen LogP contribution is -2.24. The first-order valence-corrected chi connectivity index (χ1v) is 6.42. The highest BCUT2D eigenvalue weighted by Crippen LogP contribution is 2.49. The van der Waals surface area contributed by atoms with Crippen LogP contribution in [0, 0.1) is 11.3 Å². The molecule has 2 aliphatic rings. The maximum absolute atomic E-state index is 2.40. The molecule has 0 N–H and O–H groups in total. The molecule has 0 fully saturated rings. The van der Waals surface area contributed by atoms with Crippen molar-refractivity contribution in [3.63, 3.8) is 0 Å². The fourth-order valence-corrected chi connectivity index (χ4v) is 4.00. The van der Waals surface area contributed by atoms with Crippen LogP contribution in [-0.2, 0) is 0 Å². The van der Waals surface area contributed by atoms with Gasteiger partial charge in [-0.3, -0.25) is 0 Å². The van der Waals surface area contributed by atoms with E-state index in [9.17, 15) is 0 Å². The average molecular weight is 196 g/mol. The molecule has 1 heteroatoms. The lowest BCUT2D eigenvalue weighted by molar-refractivity contribution is 0.248. The van der Waals surface area contributed by atoms with Gasteiger partial charge < -0.3 is 0 Å². The molecule has 0 saturated carbocycles. The molecule has 0 spiro atoms. The molecular weight excluding hydrogens is 176 g/mol. The van der Waals surface area contributed by atoms with E-state index in [2.05, 4.69) is 32.5 Å². The monoisotopic (exact) mass is 196 g/mol. The van der Waals surface area contributed by atoms with Gasteiger partial charge in [0.2, 0.25) is 0 Å². The normalized spacial score (nSPS) is 29.3. The standard InChI is InChI=1S/C12H20S/c1-12(2,3)10-5-4-6-11-9(10)7-8-13-11/h10H,4-8H2,1-3H3. The smallest absolute Gasteiger partial charge is 0.00146 e. The second kappa shape index (κ2) is 3.34. The molecule has 1 heterocycles. The molecule has 13 heavy (non-hydrogen) atoms. The Kier molecular flexibility index (Phi) is 2.48. The van der Waals surface area contributed by atoms with E-state index < -0.39 is 0 Å². The van der Waals surface area contributed by atoms with Crippen LogP contribution in [0.15, 0.2) is 10.5 Å². The van der Waals surface area contributed by atoms with E-state index in [1.165, 1.54) is 31.4 Å². The molecule has 1 atom stereocenters. The van der Waals surface area contributed by atoms with Gasteiger partial charge in [0.25, 0.3) is 0 Å². The topological polar surface area (TPSA) is 0 Å². The molecule has 74 valence electrons. The Labute approximate surface area is 86.2 Å². The van der Waals surface area contributed by atoms with Gasteiger partial charge in [0.05, 0.1) is 0 Å². The minimum atomic E-state index is 0.492. The Morgan fingerprint density at radius 2 is 2.00 bits per heavy atom. The van der Waals surface area contributed by atoms with Crippen molar-refractivity contribution >= 4 is 11.8 Å². The number of rotatable bonds is 0. The second-order valence-electron chi connectivity index (χ2n) is 5.36. The van der Waals surface area contributed by atoms with Crippen molar-refractivity contribution in [3.05, 3.63) is 10.5 Å². The molecule has 0 saturated heterocycles. The van der Waals surface area contributed by atoms with Crippen molar-refractivity contribution in [2.75, 3.05) is 5.75 Å². The summed E-state index contributed by atoms with van der Waals surface area (Å²) in [5.74, 6) is 2.24. The predicted octanol–water partition coefficient (Wildman–Crippen LogP) is 4.22. The zero-order valence-electron chi connectivity index (χ0n) is 9.02. The first-order chi connectivity index (χ1) is 6.09. The number of hydrogen-bond donors (Lipinski definition) is 0. The van der Waals surface area contributed by atoms with Crippen molar-refractivity contribution < 1.29 is 0 Å². The van der Waals surface area contributed by atoms with Crippen LogP contribution in [0.25, 0.3) is 0 Å². The van der Waals surface area contributed by atoms with E-state index in [0.717, 1.165) is 5.92 Å². The van der Waals surface area contributed by atoms with Crippen LogP contribution in [0.4, 0.5) is 0 Å². The van der Waals surface area contributed by atoms with Gasteiger partial charge in [-0.2, -0.15) is 0 Å². The molecule has 0 aromatic rings. The van der Waals surface area contributed by atoms with Gasteiger partial charge in [-0.25, -0.2) is 0 Å². The van der Waals surface area contributed by atoms with Crippen LogP contribution >= 0.6 is 11.8 Å². The Morgan fingerprint density at radius 1 is 1.23 bits per heavy atom. The summed E-state index contributed by atoms with van der Waals surface area (Å²) in [6, 6.07) is 0. The van der Waals surface area contributed by atoms with E-state index in [1.54, 1.807) is 4.91 Å². The molecule has 0 bridgehead atoms. The molecule has 1 aliphatic carbocycles. The summed E-state index contributed by atoms with van der Waals surface area (Å²) in [5.41, 5.74) is 2.31. The summed E-state index contributed by atoms with van der Waals surface area (Å²) in [5, 5.41) is 0. The molecule has 0 radical (unpaired) electrons. The Balaban J connectivity index is 2.24. The lowest BCUT2D eigenvalue weighted by atomic mass is 9.70. The van der Waals surface area contributed by atoms with E-state index >= 15 is 0 Å². The van der Waals surface area contributed by atoms with E-state index in [-0.39, 0.29) is 0 Å². The van der Waals surface area contributed by atoms with Crippen LogP contribution in [0.3, 0.4) is 0 Å². The summed E-state index contributed by atoms with van der Waals surface area (Å²) >= 11 is 2.13. The van der Waals surface area contributed by atoms with E-state index in [0.29, 0.717) is 5.41 Å². The highest BCUT2D eigenvalue weighted by Gasteiger charge is 2.34. The first kappa shape index (κ1) is 9.64. The summed E-state index contributed by atoms with van der Waals surface area (Å²) in [7, 11) is 0. The highest BCUT2D eigenvalue weighted by molar-refractivity contribution is 8.03. The van der Waals surface area contributed by atoms with Gasteiger partial charge in [-0.05, 0) is 41.9 Å². The minimum Gasteiger partial charge on any atom is -0.130 e. The van der Waals surface area contributed by atoms with Crippen LogP contribution in [0.1, 0.15) is 46.5 Å². The van der Waals surface area contributed by atoms with Crippen molar-refractivity contribution in [1.29, 1.82) is 0 Å². The summed E-state index contributed by atoms with van der Waals surface area (Å²) in [6.45, 7) is 7.20. The first-order valence-electron chi connectivity index (χ1n) is 5.44. The van der Waals surface area contributed by atoms with E-state index in [4.69, 9.17) is 0 Å². The molecular formula is C12H20S. The highest BCUT2D eigenvalue weighted by atomic mass is 32.2. The largest absolute Gasteiger partial charge is 0.130 e. The van der Waals surface area contributed by atoms with Crippen LogP contribution in [-0.4, -0.2) is 5.75 Å². The maximum Gasteiger partial charge on any atom is 0.00146 e. The lowest BCUT2D eigenvalue weighted by Gasteiger charge is -2.35. The number of hydrogen-bond acceptors (Lipinski definition) is 1. The molecule has 0 aromatic heterocycles. The number of thioether (sulfide) groups is 1. The molecule has 1 unspecified atom stereocenters. The summed E-state index contributed by atoms with van der Waals surface area (Å²) < 4.78 is 0. The van der Waals surface area contributed by atoms with Gasteiger partial charge in [-0.1, -0.05) is 26.3 Å². The fourth-order valence-electron chi connectivity index (χ4n) is 2.71. The maximum atomic E-state index is 2.40. The quantitative estimate of drug-likeness (QED) is 0.559. The van der Waals surface area contributed by atoms with E-state index in [1.807, 2.05) is 5.57 Å². The fraction of sp³-hybridized carbons (Fsp3) is 0.833. The third-order valence-electron chi connectivity index (χ3n) is 3.37. The third-order valence-corrected chi connectivity index (χ3v) is 4.59. The molecule has 0 nitrogen and oxygen atoms in total. The van der Waals surface area contributed by atoms with Crippen LogP contribution < -0.4 is 0 Å². The van der Waals surface area contributed by atoms with Crippen molar-refractivity contribution in [2.45, 2.75) is 46.5 Å². The SMILES string of the molecule is CC(C)(C)C1CCCC2=C1CCS2. The zero-order chi connectivity index (χ0) is 9.47. The molecule has 0 aromatic carbocycles.